The third-order valence-electron chi connectivity index (χ3n) is 1.64. The topological polar surface area (TPSA) is 30.0 Å². The van der Waals surface area contributed by atoms with Crippen molar-refractivity contribution in [1.29, 1.82) is 0 Å². The number of pyridine rings is 1. The molecule has 0 bridgehead atoms. The summed E-state index contributed by atoms with van der Waals surface area (Å²) in [5, 5.41) is -0.797. The maximum atomic E-state index is 12.4. The molecule has 1 heterocycles. The van der Waals surface area contributed by atoms with Gasteiger partial charge in [0, 0.05) is 0 Å². The molecule has 0 fully saturated rings. The first-order valence-electron chi connectivity index (χ1n) is 4.27. The molecule has 0 saturated carbocycles. The van der Waals surface area contributed by atoms with Crippen LogP contribution in [-0.2, 0) is 6.18 Å². The number of aromatic nitrogens is 1. The highest BCUT2D eigenvalue weighted by Crippen LogP contribution is 2.31. The molecule has 1 aromatic heterocycles. The van der Waals surface area contributed by atoms with E-state index in [1.54, 1.807) is 6.92 Å². The lowest BCUT2D eigenvalue weighted by atomic mass is 10.2. The van der Waals surface area contributed by atoms with Crippen LogP contribution in [0.4, 0.5) is 13.2 Å². The standard InChI is InChI=1S/C9H7ClF3NOS/c1-2-16-8-5(7(10)15)3-4-6(14-8)9(11,12)13/h3-4H,2H2,1H3. The smallest absolute Gasteiger partial charge is 0.276 e. The van der Waals surface area contributed by atoms with Gasteiger partial charge in [-0.25, -0.2) is 4.98 Å². The van der Waals surface area contributed by atoms with E-state index in [1.807, 2.05) is 0 Å². The summed E-state index contributed by atoms with van der Waals surface area (Å²) in [5.41, 5.74) is -1.02. The minimum Gasteiger partial charge on any atom is -0.276 e. The Labute approximate surface area is 99.2 Å². The van der Waals surface area contributed by atoms with Crippen molar-refractivity contribution in [2.45, 2.75) is 18.1 Å². The molecule has 0 amide bonds. The zero-order valence-electron chi connectivity index (χ0n) is 8.14. The molecule has 0 aliphatic heterocycles. The van der Waals surface area contributed by atoms with E-state index >= 15 is 0 Å². The van der Waals surface area contributed by atoms with Gasteiger partial charge in [0.05, 0.1) is 5.56 Å². The maximum absolute atomic E-state index is 12.4. The zero-order chi connectivity index (χ0) is 12.3. The lowest BCUT2D eigenvalue weighted by Crippen LogP contribution is -2.10. The largest absolute Gasteiger partial charge is 0.433 e. The first-order chi connectivity index (χ1) is 7.36. The van der Waals surface area contributed by atoms with Gasteiger partial charge in [-0.3, -0.25) is 4.79 Å². The fraction of sp³-hybridized carbons (Fsp3) is 0.333. The number of alkyl halides is 3. The minimum atomic E-state index is -4.52. The van der Waals surface area contributed by atoms with Gasteiger partial charge >= 0.3 is 6.18 Å². The van der Waals surface area contributed by atoms with Crippen LogP contribution in [0.5, 0.6) is 0 Å². The molecule has 0 spiro atoms. The normalized spacial score (nSPS) is 11.6. The molecule has 0 aliphatic carbocycles. The highest BCUT2D eigenvalue weighted by atomic mass is 35.5. The monoisotopic (exact) mass is 269 g/mol. The second kappa shape index (κ2) is 5.05. The van der Waals surface area contributed by atoms with Gasteiger partial charge in [-0.1, -0.05) is 6.92 Å². The van der Waals surface area contributed by atoms with Gasteiger partial charge in [0.2, 0.25) is 0 Å². The second-order valence-electron chi connectivity index (χ2n) is 2.75. The highest BCUT2D eigenvalue weighted by molar-refractivity contribution is 7.99. The van der Waals surface area contributed by atoms with Crippen LogP contribution in [-0.4, -0.2) is 16.0 Å². The van der Waals surface area contributed by atoms with E-state index in [-0.39, 0.29) is 10.6 Å². The van der Waals surface area contributed by atoms with Crippen molar-refractivity contribution in [3.8, 4) is 0 Å². The first-order valence-corrected chi connectivity index (χ1v) is 5.63. The molecule has 0 aliphatic rings. The molecular weight excluding hydrogens is 263 g/mol. The number of carbonyl (C=O) groups is 1. The summed E-state index contributed by atoms with van der Waals surface area (Å²) in [6.45, 7) is 1.75. The summed E-state index contributed by atoms with van der Waals surface area (Å²) in [7, 11) is 0. The van der Waals surface area contributed by atoms with E-state index in [2.05, 4.69) is 4.98 Å². The Hall–Kier alpha value is -0.750. The number of hydrogen-bond donors (Lipinski definition) is 0. The van der Waals surface area contributed by atoms with Crippen molar-refractivity contribution in [3.05, 3.63) is 23.4 Å². The Morgan fingerprint density at radius 1 is 1.50 bits per heavy atom. The molecule has 1 aromatic rings. The SMILES string of the molecule is CCSc1nc(C(F)(F)F)ccc1C(=O)Cl. The van der Waals surface area contributed by atoms with Crippen LogP contribution in [0, 0.1) is 0 Å². The van der Waals surface area contributed by atoms with Crippen LogP contribution in [0.2, 0.25) is 0 Å². The molecule has 1 rings (SSSR count). The summed E-state index contributed by atoms with van der Waals surface area (Å²) in [6.07, 6.45) is -4.52. The van der Waals surface area contributed by atoms with Gasteiger partial charge < -0.3 is 0 Å². The van der Waals surface area contributed by atoms with Crippen LogP contribution in [0.1, 0.15) is 23.0 Å². The van der Waals surface area contributed by atoms with Crippen molar-refractivity contribution in [1.82, 2.24) is 4.98 Å². The van der Waals surface area contributed by atoms with Crippen molar-refractivity contribution >= 4 is 28.6 Å². The van der Waals surface area contributed by atoms with Crippen LogP contribution in [0.25, 0.3) is 0 Å². The molecule has 0 unspecified atom stereocenters. The Kier molecular flexibility index (Phi) is 4.21. The van der Waals surface area contributed by atoms with E-state index in [0.29, 0.717) is 5.75 Å². The van der Waals surface area contributed by atoms with E-state index in [0.717, 1.165) is 23.9 Å². The molecule has 0 aromatic carbocycles. The third-order valence-corrected chi connectivity index (χ3v) is 2.72. The lowest BCUT2D eigenvalue weighted by molar-refractivity contribution is -0.141. The van der Waals surface area contributed by atoms with Gasteiger partial charge in [0.25, 0.3) is 5.24 Å². The van der Waals surface area contributed by atoms with Crippen LogP contribution in [0.3, 0.4) is 0 Å². The molecule has 7 heteroatoms. The number of thioether (sulfide) groups is 1. The summed E-state index contributed by atoms with van der Waals surface area (Å²) >= 11 is 6.28. The number of carbonyl (C=O) groups excluding carboxylic acids is 1. The number of rotatable bonds is 3. The van der Waals surface area contributed by atoms with Gasteiger partial charge in [-0.05, 0) is 29.5 Å². The summed E-state index contributed by atoms with van der Waals surface area (Å²) in [5.74, 6) is 0.505. The van der Waals surface area contributed by atoms with Crippen molar-refractivity contribution in [2.75, 3.05) is 5.75 Å². The average Bonchev–Trinajstić information content (AvgIpc) is 2.16. The fourth-order valence-corrected chi connectivity index (χ4v) is 1.96. The molecule has 0 N–H and O–H groups in total. The van der Waals surface area contributed by atoms with E-state index in [4.69, 9.17) is 11.6 Å². The Morgan fingerprint density at radius 2 is 2.12 bits per heavy atom. The predicted octanol–water partition coefficient (Wildman–Crippen LogP) is 3.59. The Morgan fingerprint density at radius 3 is 2.56 bits per heavy atom. The minimum absolute atomic E-state index is 0.00140. The van der Waals surface area contributed by atoms with E-state index < -0.39 is 17.1 Å². The molecule has 0 atom stereocenters. The predicted molar refractivity (Wildman–Crippen MR) is 55.8 cm³/mol. The Bertz CT molecular complexity index is 408. The maximum Gasteiger partial charge on any atom is 0.433 e. The lowest BCUT2D eigenvalue weighted by Gasteiger charge is -2.09. The van der Waals surface area contributed by atoms with Gasteiger partial charge in [0.15, 0.2) is 0 Å². The van der Waals surface area contributed by atoms with Crippen molar-refractivity contribution in [2.24, 2.45) is 0 Å². The molecule has 16 heavy (non-hydrogen) atoms. The number of hydrogen-bond acceptors (Lipinski definition) is 3. The van der Waals surface area contributed by atoms with Gasteiger partial charge in [-0.15, -0.1) is 11.8 Å². The quantitative estimate of drug-likeness (QED) is 0.620. The number of halogens is 4. The summed E-state index contributed by atoms with van der Waals surface area (Å²) in [6, 6.07) is 1.79. The summed E-state index contributed by atoms with van der Waals surface area (Å²) in [4.78, 5) is 14.3. The van der Waals surface area contributed by atoms with Gasteiger partial charge in [-0.2, -0.15) is 13.2 Å². The molecule has 2 nitrogen and oxygen atoms in total. The fourth-order valence-electron chi connectivity index (χ4n) is 0.995. The highest BCUT2D eigenvalue weighted by Gasteiger charge is 2.33. The van der Waals surface area contributed by atoms with Crippen molar-refractivity contribution in [3.63, 3.8) is 0 Å². The average molecular weight is 270 g/mol. The van der Waals surface area contributed by atoms with E-state index in [1.165, 1.54) is 0 Å². The zero-order valence-corrected chi connectivity index (χ0v) is 9.71. The third kappa shape index (κ3) is 3.12. The molecule has 88 valence electrons. The second-order valence-corrected chi connectivity index (χ2v) is 4.35. The van der Waals surface area contributed by atoms with Crippen LogP contribution in [0.15, 0.2) is 17.2 Å². The summed E-state index contributed by atoms with van der Waals surface area (Å²) < 4.78 is 37.1. The number of nitrogens with zero attached hydrogens (tertiary/aromatic N) is 1. The Balaban J connectivity index is 3.22. The van der Waals surface area contributed by atoms with E-state index in [9.17, 15) is 18.0 Å². The first kappa shape index (κ1) is 13.3. The molecular formula is C9H7ClF3NOS. The van der Waals surface area contributed by atoms with Crippen molar-refractivity contribution < 1.29 is 18.0 Å². The molecule has 0 radical (unpaired) electrons. The van der Waals surface area contributed by atoms with Gasteiger partial charge in [0.1, 0.15) is 10.7 Å². The van der Waals surface area contributed by atoms with Crippen LogP contribution >= 0.6 is 23.4 Å². The molecule has 0 saturated heterocycles. The van der Waals surface area contributed by atoms with Crippen LogP contribution < -0.4 is 0 Å².